The van der Waals surface area contributed by atoms with Crippen LogP contribution in [0, 0.1) is 11.8 Å². The van der Waals surface area contributed by atoms with Gasteiger partial charge in [-0.05, 0) is 11.8 Å². The Morgan fingerprint density at radius 1 is 1.11 bits per heavy atom. The summed E-state index contributed by atoms with van der Waals surface area (Å²) in [5, 5.41) is 0. The van der Waals surface area contributed by atoms with Crippen molar-refractivity contribution in [3.05, 3.63) is 0 Å². The standard InChI is InChI=1S/C7H12F2/c1-5-3-7(8,9)4-6(5)2/h5-6H,3-4H2,1-2H3. The molecular formula is C7H12F2. The molecule has 9 heavy (non-hydrogen) atoms. The molecule has 0 aromatic heterocycles. The smallest absolute Gasteiger partial charge is 0.207 e. The van der Waals surface area contributed by atoms with Gasteiger partial charge < -0.3 is 0 Å². The number of hydrogen-bond donors (Lipinski definition) is 0. The Labute approximate surface area is 54.3 Å². The fraction of sp³-hybridized carbons (Fsp3) is 1.00. The van der Waals surface area contributed by atoms with Gasteiger partial charge in [0.15, 0.2) is 0 Å². The maximum Gasteiger partial charge on any atom is 0.248 e. The summed E-state index contributed by atoms with van der Waals surface area (Å²) in [6.45, 7) is 3.79. The van der Waals surface area contributed by atoms with Gasteiger partial charge in [-0.25, -0.2) is 8.78 Å². The Morgan fingerprint density at radius 2 is 1.44 bits per heavy atom. The average molecular weight is 134 g/mol. The van der Waals surface area contributed by atoms with Crippen molar-refractivity contribution in [2.75, 3.05) is 0 Å². The normalized spacial score (nSPS) is 41.3. The molecule has 0 nitrogen and oxygen atoms in total. The Kier molecular flexibility index (Phi) is 1.49. The van der Waals surface area contributed by atoms with Crippen molar-refractivity contribution in [2.45, 2.75) is 32.6 Å². The van der Waals surface area contributed by atoms with E-state index in [0.717, 1.165) is 0 Å². The minimum atomic E-state index is -2.36. The fourth-order valence-electron chi connectivity index (χ4n) is 1.43. The summed E-state index contributed by atoms with van der Waals surface area (Å²) in [6.07, 6.45) is 0.183. The number of halogens is 2. The van der Waals surface area contributed by atoms with Crippen molar-refractivity contribution in [3.63, 3.8) is 0 Å². The molecule has 0 aliphatic heterocycles. The maximum absolute atomic E-state index is 12.4. The monoisotopic (exact) mass is 134 g/mol. The molecule has 1 fully saturated rings. The summed E-state index contributed by atoms with van der Waals surface area (Å²) in [7, 11) is 0. The molecule has 0 aromatic carbocycles. The van der Waals surface area contributed by atoms with Crippen LogP contribution in [0.2, 0.25) is 0 Å². The second-order valence-corrected chi connectivity index (χ2v) is 3.22. The second-order valence-electron chi connectivity index (χ2n) is 3.22. The summed E-state index contributed by atoms with van der Waals surface area (Å²) in [5.41, 5.74) is 0. The molecule has 1 aliphatic rings. The van der Waals surface area contributed by atoms with Gasteiger partial charge in [0.05, 0.1) is 0 Å². The van der Waals surface area contributed by atoms with Gasteiger partial charge in [0.25, 0.3) is 0 Å². The molecule has 1 rings (SSSR count). The summed E-state index contributed by atoms with van der Waals surface area (Å²) in [5.74, 6) is -1.95. The quantitative estimate of drug-likeness (QED) is 0.477. The average Bonchev–Trinajstić information content (AvgIpc) is 1.79. The lowest BCUT2D eigenvalue weighted by Gasteiger charge is -2.04. The molecule has 0 aromatic rings. The summed E-state index contributed by atoms with van der Waals surface area (Å²) in [4.78, 5) is 0. The Morgan fingerprint density at radius 3 is 1.56 bits per heavy atom. The van der Waals surface area contributed by atoms with E-state index >= 15 is 0 Å². The van der Waals surface area contributed by atoms with Crippen LogP contribution in [0.1, 0.15) is 26.7 Å². The van der Waals surface area contributed by atoms with Gasteiger partial charge in [-0.1, -0.05) is 13.8 Å². The van der Waals surface area contributed by atoms with E-state index in [1.165, 1.54) is 0 Å². The van der Waals surface area contributed by atoms with Gasteiger partial charge in [-0.2, -0.15) is 0 Å². The molecule has 0 amide bonds. The first-order valence-corrected chi connectivity index (χ1v) is 3.39. The van der Waals surface area contributed by atoms with Crippen molar-refractivity contribution < 1.29 is 8.78 Å². The van der Waals surface area contributed by atoms with E-state index < -0.39 is 5.92 Å². The Hall–Kier alpha value is -0.140. The Bertz CT molecular complexity index is 97.5. The highest BCUT2D eigenvalue weighted by atomic mass is 19.3. The predicted molar refractivity (Wildman–Crippen MR) is 32.5 cm³/mol. The zero-order valence-electron chi connectivity index (χ0n) is 5.82. The van der Waals surface area contributed by atoms with Gasteiger partial charge in [-0.3, -0.25) is 0 Å². The molecule has 0 spiro atoms. The van der Waals surface area contributed by atoms with Gasteiger partial charge in [0.1, 0.15) is 0 Å². The van der Waals surface area contributed by atoms with Crippen molar-refractivity contribution in [2.24, 2.45) is 11.8 Å². The summed E-state index contributed by atoms with van der Waals surface area (Å²) < 4.78 is 24.9. The van der Waals surface area contributed by atoms with Gasteiger partial charge >= 0.3 is 0 Å². The van der Waals surface area contributed by atoms with E-state index in [4.69, 9.17) is 0 Å². The van der Waals surface area contributed by atoms with Crippen LogP contribution in [0.5, 0.6) is 0 Å². The molecule has 2 heteroatoms. The highest BCUT2D eigenvalue weighted by Gasteiger charge is 2.41. The highest BCUT2D eigenvalue weighted by Crippen LogP contribution is 2.42. The minimum absolute atomic E-state index is 0.0914. The molecule has 1 aliphatic carbocycles. The van der Waals surface area contributed by atoms with E-state index in [1.807, 2.05) is 13.8 Å². The zero-order chi connectivity index (χ0) is 7.07. The third-order valence-corrected chi connectivity index (χ3v) is 2.21. The lowest BCUT2D eigenvalue weighted by molar-refractivity contribution is 0.00344. The van der Waals surface area contributed by atoms with E-state index in [2.05, 4.69) is 0 Å². The first-order valence-electron chi connectivity index (χ1n) is 3.39. The van der Waals surface area contributed by atoms with Crippen molar-refractivity contribution in [1.82, 2.24) is 0 Å². The van der Waals surface area contributed by atoms with Crippen molar-refractivity contribution >= 4 is 0 Å². The maximum atomic E-state index is 12.4. The first kappa shape index (κ1) is 6.97. The van der Waals surface area contributed by atoms with E-state index in [-0.39, 0.29) is 24.7 Å². The Balaban J connectivity index is 2.54. The molecular weight excluding hydrogens is 122 g/mol. The lowest BCUT2D eigenvalue weighted by atomic mass is 10.0. The van der Waals surface area contributed by atoms with Crippen molar-refractivity contribution in [1.29, 1.82) is 0 Å². The van der Waals surface area contributed by atoms with Crippen LogP contribution in [0.15, 0.2) is 0 Å². The molecule has 0 saturated heterocycles. The van der Waals surface area contributed by atoms with Gasteiger partial charge in [0.2, 0.25) is 5.92 Å². The van der Waals surface area contributed by atoms with E-state index in [9.17, 15) is 8.78 Å². The molecule has 54 valence electrons. The number of hydrogen-bond acceptors (Lipinski definition) is 0. The molecule has 0 radical (unpaired) electrons. The first-order chi connectivity index (χ1) is 4.01. The highest BCUT2D eigenvalue weighted by molar-refractivity contribution is 4.83. The van der Waals surface area contributed by atoms with E-state index in [0.29, 0.717) is 0 Å². The summed E-state index contributed by atoms with van der Waals surface area (Å²) >= 11 is 0. The fourth-order valence-corrected chi connectivity index (χ4v) is 1.43. The topological polar surface area (TPSA) is 0 Å². The van der Waals surface area contributed by atoms with Crippen LogP contribution in [0.4, 0.5) is 8.78 Å². The molecule has 1 saturated carbocycles. The molecule has 2 unspecified atom stereocenters. The van der Waals surface area contributed by atoms with Crippen LogP contribution >= 0.6 is 0 Å². The third kappa shape index (κ3) is 1.41. The SMILES string of the molecule is CC1CC(F)(F)CC1C. The number of rotatable bonds is 0. The van der Waals surface area contributed by atoms with Crippen LogP contribution in [-0.4, -0.2) is 5.92 Å². The van der Waals surface area contributed by atoms with Gasteiger partial charge in [-0.15, -0.1) is 0 Å². The van der Waals surface area contributed by atoms with E-state index in [1.54, 1.807) is 0 Å². The van der Waals surface area contributed by atoms with Crippen LogP contribution in [0.25, 0.3) is 0 Å². The molecule has 0 bridgehead atoms. The van der Waals surface area contributed by atoms with Crippen LogP contribution in [-0.2, 0) is 0 Å². The second kappa shape index (κ2) is 1.93. The molecule has 2 atom stereocenters. The molecule has 0 N–H and O–H groups in total. The summed E-state index contributed by atoms with van der Waals surface area (Å²) in [6, 6.07) is 0. The minimum Gasteiger partial charge on any atom is -0.207 e. The van der Waals surface area contributed by atoms with Crippen LogP contribution in [0.3, 0.4) is 0 Å². The number of alkyl halides is 2. The van der Waals surface area contributed by atoms with Crippen molar-refractivity contribution in [3.8, 4) is 0 Å². The van der Waals surface area contributed by atoms with Gasteiger partial charge in [0, 0.05) is 12.8 Å². The third-order valence-electron chi connectivity index (χ3n) is 2.21. The lowest BCUT2D eigenvalue weighted by Crippen LogP contribution is -2.08. The molecule has 0 heterocycles. The van der Waals surface area contributed by atoms with Crippen LogP contribution < -0.4 is 0 Å². The largest absolute Gasteiger partial charge is 0.248 e. The zero-order valence-corrected chi connectivity index (χ0v) is 5.82. The predicted octanol–water partition coefficient (Wildman–Crippen LogP) is 2.69.